The summed E-state index contributed by atoms with van der Waals surface area (Å²) < 4.78 is 0. The predicted octanol–water partition coefficient (Wildman–Crippen LogP) is 3.63. The zero-order valence-corrected chi connectivity index (χ0v) is 14.0. The van der Waals surface area contributed by atoms with Gasteiger partial charge in [-0.25, -0.2) is 0 Å². The van der Waals surface area contributed by atoms with Gasteiger partial charge in [0.25, 0.3) is 0 Å². The summed E-state index contributed by atoms with van der Waals surface area (Å²) in [5.74, 6) is 0.171. The minimum atomic E-state index is -0.562. The van der Waals surface area contributed by atoms with Gasteiger partial charge in [-0.05, 0) is 42.7 Å². The van der Waals surface area contributed by atoms with Crippen molar-refractivity contribution in [2.45, 2.75) is 51.7 Å². The molecule has 1 saturated heterocycles. The number of benzene rings is 1. The number of nitrogens with zero attached hydrogens (tertiary/aromatic N) is 1. The summed E-state index contributed by atoms with van der Waals surface area (Å²) in [6, 6.07) is 10.5. The molecule has 0 bridgehead atoms. The fourth-order valence-corrected chi connectivity index (χ4v) is 3.36. The van der Waals surface area contributed by atoms with Crippen LogP contribution in [0, 0.1) is 5.92 Å². The Balaban J connectivity index is 1.82. The number of piperidine rings is 1. The maximum Gasteiger partial charge on any atom is 0.225 e. The van der Waals surface area contributed by atoms with Gasteiger partial charge in [0.05, 0.1) is 18.6 Å². The van der Waals surface area contributed by atoms with Crippen LogP contribution in [0.1, 0.15) is 51.3 Å². The first-order valence-corrected chi connectivity index (χ1v) is 8.61. The average Bonchev–Trinajstić information content (AvgIpc) is 2.98. The van der Waals surface area contributed by atoms with Crippen molar-refractivity contribution in [3.8, 4) is 0 Å². The Kier molecular flexibility index (Phi) is 4.71. The van der Waals surface area contributed by atoms with E-state index >= 15 is 0 Å². The lowest BCUT2D eigenvalue weighted by Gasteiger charge is -2.36. The molecule has 3 rings (SSSR count). The number of amides is 1. The van der Waals surface area contributed by atoms with E-state index in [0.29, 0.717) is 0 Å². The van der Waals surface area contributed by atoms with Crippen LogP contribution in [0.15, 0.2) is 30.3 Å². The zero-order chi connectivity index (χ0) is 16.4. The van der Waals surface area contributed by atoms with Crippen molar-refractivity contribution in [3.05, 3.63) is 36.0 Å². The molecule has 0 spiro atoms. The minimum Gasteiger partial charge on any atom is -0.392 e. The SMILES string of the molecule is CC(C)C(O)CC(=O)N1CCCCC1c1cc2ccccc2[nH]1. The molecular formula is C19H26N2O2. The number of para-hydroxylation sites is 1. The van der Waals surface area contributed by atoms with Gasteiger partial charge in [-0.2, -0.15) is 0 Å². The quantitative estimate of drug-likeness (QED) is 0.905. The zero-order valence-electron chi connectivity index (χ0n) is 14.0. The maximum atomic E-state index is 12.7. The first kappa shape index (κ1) is 16.1. The summed E-state index contributed by atoms with van der Waals surface area (Å²) in [6.45, 7) is 4.68. The highest BCUT2D eigenvalue weighted by Crippen LogP contribution is 2.33. The molecule has 2 atom stereocenters. The van der Waals surface area contributed by atoms with Gasteiger partial charge in [-0.3, -0.25) is 4.79 Å². The van der Waals surface area contributed by atoms with Gasteiger partial charge in [0, 0.05) is 17.8 Å². The van der Waals surface area contributed by atoms with Gasteiger partial charge in [0.1, 0.15) is 0 Å². The van der Waals surface area contributed by atoms with Crippen LogP contribution in [0.5, 0.6) is 0 Å². The van der Waals surface area contributed by atoms with Gasteiger partial charge in [-0.1, -0.05) is 32.0 Å². The molecule has 23 heavy (non-hydrogen) atoms. The van der Waals surface area contributed by atoms with Crippen molar-refractivity contribution in [3.63, 3.8) is 0 Å². The van der Waals surface area contributed by atoms with E-state index in [9.17, 15) is 9.90 Å². The molecule has 4 nitrogen and oxygen atoms in total. The van der Waals surface area contributed by atoms with E-state index in [2.05, 4.69) is 23.2 Å². The van der Waals surface area contributed by atoms with E-state index in [1.165, 1.54) is 5.39 Å². The Bertz CT molecular complexity index is 644. The maximum absolute atomic E-state index is 12.7. The lowest BCUT2D eigenvalue weighted by Crippen LogP contribution is -2.40. The van der Waals surface area contributed by atoms with E-state index in [0.717, 1.165) is 37.0 Å². The largest absolute Gasteiger partial charge is 0.392 e. The van der Waals surface area contributed by atoms with Crippen LogP contribution in [-0.2, 0) is 4.79 Å². The Morgan fingerprint density at radius 1 is 1.35 bits per heavy atom. The third-order valence-electron chi connectivity index (χ3n) is 4.89. The lowest BCUT2D eigenvalue weighted by molar-refractivity contribution is -0.137. The number of carbonyl (C=O) groups excluding carboxylic acids is 1. The molecule has 0 saturated carbocycles. The number of nitrogens with one attached hydrogen (secondary N) is 1. The molecule has 1 aliphatic rings. The molecule has 0 aliphatic carbocycles. The topological polar surface area (TPSA) is 56.3 Å². The van der Waals surface area contributed by atoms with Gasteiger partial charge in [-0.15, -0.1) is 0 Å². The van der Waals surface area contributed by atoms with Crippen molar-refractivity contribution >= 4 is 16.8 Å². The second-order valence-electron chi connectivity index (χ2n) is 6.93. The third kappa shape index (κ3) is 3.42. The molecule has 2 N–H and O–H groups in total. The van der Waals surface area contributed by atoms with Crippen LogP contribution in [0.25, 0.3) is 10.9 Å². The van der Waals surface area contributed by atoms with Crippen molar-refractivity contribution in [2.24, 2.45) is 5.92 Å². The van der Waals surface area contributed by atoms with Crippen molar-refractivity contribution in [1.82, 2.24) is 9.88 Å². The van der Waals surface area contributed by atoms with E-state index < -0.39 is 6.10 Å². The number of hydrogen-bond acceptors (Lipinski definition) is 2. The van der Waals surface area contributed by atoms with Crippen LogP contribution < -0.4 is 0 Å². The number of H-pyrrole nitrogens is 1. The summed E-state index contributed by atoms with van der Waals surface area (Å²) in [6.07, 6.45) is 2.81. The van der Waals surface area contributed by atoms with E-state index in [4.69, 9.17) is 0 Å². The fraction of sp³-hybridized carbons (Fsp3) is 0.526. The second-order valence-corrected chi connectivity index (χ2v) is 6.93. The van der Waals surface area contributed by atoms with Crippen molar-refractivity contribution in [2.75, 3.05) is 6.54 Å². The van der Waals surface area contributed by atoms with Gasteiger partial charge in [0.15, 0.2) is 0 Å². The standard InChI is InChI=1S/C19H26N2O2/c1-13(2)18(22)12-19(23)21-10-6-5-9-17(21)16-11-14-7-3-4-8-15(14)20-16/h3-4,7-8,11,13,17-18,20,22H,5-6,9-10,12H2,1-2H3. The highest BCUT2D eigenvalue weighted by molar-refractivity contribution is 5.81. The first-order chi connectivity index (χ1) is 11.1. The molecule has 124 valence electrons. The number of aliphatic hydroxyl groups excluding tert-OH is 1. The Morgan fingerprint density at radius 3 is 2.87 bits per heavy atom. The Hall–Kier alpha value is -1.81. The smallest absolute Gasteiger partial charge is 0.225 e. The van der Waals surface area contributed by atoms with Gasteiger partial charge in [0.2, 0.25) is 5.91 Å². The number of aromatic nitrogens is 1. The summed E-state index contributed by atoms with van der Waals surface area (Å²) in [4.78, 5) is 18.1. The molecule has 2 unspecified atom stereocenters. The number of carbonyl (C=O) groups is 1. The summed E-state index contributed by atoms with van der Waals surface area (Å²) in [5.41, 5.74) is 2.22. The van der Waals surface area contributed by atoms with Crippen molar-refractivity contribution in [1.29, 1.82) is 0 Å². The molecule has 2 heterocycles. The average molecular weight is 314 g/mol. The number of likely N-dealkylation sites (tertiary alicyclic amines) is 1. The normalized spacial score (nSPS) is 20.2. The number of aromatic amines is 1. The summed E-state index contributed by atoms with van der Waals surface area (Å²) in [7, 11) is 0. The number of aliphatic hydroxyl groups is 1. The first-order valence-electron chi connectivity index (χ1n) is 8.61. The summed E-state index contributed by atoms with van der Waals surface area (Å²) in [5, 5.41) is 11.2. The van der Waals surface area contributed by atoms with Crippen LogP contribution in [0.2, 0.25) is 0 Å². The lowest BCUT2D eigenvalue weighted by atomic mass is 9.97. The molecule has 1 aromatic carbocycles. The highest BCUT2D eigenvalue weighted by atomic mass is 16.3. The molecule has 1 fully saturated rings. The monoisotopic (exact) mass is 314 g/mol. The molecule has 4 heteroatoms. The van der Waals surface area contributed by atoms with Gasteiger partial charge < -0.3 is 15.0 Å². The summed E-state index contributed by atoms with van der Waals surface area (Å²) >= 11 is 0. The van der Waals surface area contributed by atoms with Crippen LogP contribution in [0.4, 0.5) is 0 Å². The Labute approximate surface area is 137 Å². The van der Waals surface area contributed by atoms with Crippen molar-refractivity contribution < 1.29 is 9.90 Å². The van der Waals surface area contributed by atoms with E-state index in [1.54, 1.807) is 0 Å². The minimum absolute atomic E-state index is 0.0644. The molecule has 0 radical (unpaired) electrons. The second kappa shape index (κ2) is 6.75. The van der Waals surface area contributed by atoms with Crippen LogP contribution >= 0.6 is 0 Å². The molecule has 2 aromatic rings. The Morgan fingerprint density at radius 2 is 2.13 bits per heavy atom. The molecule has 1 amide bonds. The highest BCUT2D eigenvalue weighted by Gasteiger charge is 2.30. The van der Waals surface area contributed by atoms with Crippen LogP contribution in [0.3, 0.4) is 0 Å². The number of rotatable bonds is 4. The third-order valence-corrected chi connectivity index (χ3v) is 4.89. The fourth-order valence-electron chi connectivity index (χ4n) is 3.36. The predicted molar refractivity (Wildman–Crippen MR) is 92.1 cm³/mol. The van der Waals surface area contributed by atoms with E-state index in [1.807, 2.05) is 30.9 Å². The molecular weight excluding hydrogens is 288 g/mol. The van der Waals surface area contributed by atoms with Gasteiger partial charge >= 0.3 is 0 Å². The molecule has 1 aromatic heterocycles. The number of fused-ring (bicyclic) bond motifs is 1. The molecule has 1 aliphatic heterocycles. The van der Waals surface area contributed by atoms with Crippen LogP contribution in [-0.4, -0.2) is 33.5 Å². The number of hydrogen-bond donors (Lipinski definition) is 2. The van der Waals surface area contributed by atoms with E-state index in [-0.39, 0.29) is 24.3 Å².